The first kappa shape index (κ1) is 48.1. The van der Waals surface area contributed by atoms with Gasteiger partial charge >= 0.3 is 0 Å². The monoisotopic (exact) mass is 880 g/mol. The van der Waals surface area contributed by atoms with Crippen LogP contribution in [0.5, 0.6) is 0 Å². The Morgan fingerprint density at radius 3 is 0.761 bits per heavy atom. The van der Waals surface area contributed by atoms with Gasteiger partial charge < -0.3 is 14.7 Å². The van der Waals surface area contributed by atoms with Crippen molar-refractivity contribution in [2.75, 3.05) is 54.0 Å². The third-order valence-electron chi connectivity index (χ3n) is 11.6. The van der Waals surface area contributed by atoms with Crippen molar-refractivity contribution in [2.45, 2.75) is 41.5 Å². The summed E-state index contributed by atoms with van der Waals surface area (Å²) in [5, 5.41) is 50.0. The Balaban J connectivity index is 1.32. The molecule has 0 heterocycles. The average Bonchev–Trinajstić information content (AvgIpc) is 3.38. The fourth-order valence-electron chi connectivity index (χ4n) is 7.77. The van der Waals surface area contributed by atoms with Gasteiger partial charge in [-0.2, -0.15) is 36.2 Å². The lowest BCUT2D eigenvalue weighted by Gasteiger charge is -2.20. The Labute approximate surface area is 396 Å². The Hall–Kier alpha value is -8.39. The average molecular weight is 881 g/mol. The van der Waals surface area contributed by atoms with Gasteiger partial charge in [0.15, 0.2) is 0 Å². The van der Waals surface area contributed by atoms with Gasteiger partial charge in [0.2, 0.25) is 0 Å². The van der Waals surface area contributed by atoms with E-state index in [9.17, 15) is 15.8 Å². The van der Waals surface area contributed by atoms with E-state index < -0.39 is 0 Å². The van der Waals surface area contributed by atoms with Crippen LogP contribution in [0.3, 0.4) is 0 Å². The summed E-state index contributed by atoms with van der Waals surface area (Å²) in [4.78, 5) is 6.81. The smallest absolute Gasteiger partial charge is 0.100 e. The van der Waals surface area contributed by atoms with Crippen LogP contribution >= 0.6 is 0 Å². The normalized spacial score (nSPS) is 11.4. The molecule has 67 heavy (non-hydrogen) atoms. The van der Waals surface area contributed by atoms with Crippen molar-refractivity contribution in [1.82, 2.24) is 0 Å². The number of benzene rings is 6. The molecule has 0 unspecified atom stereocenters. The van der Waals surface area contributed by atoms with Gasteiger partial charge in [-0.15, -0.1) is 0 Å². The fourth-order valence-corrected chi connectivity index (χ4v) is 7.77. The molecule has 0 N–H and O–H groups in total. The molecule has 0 aromatic heterocycles. The van der Waals surface area contributed by atoms with Crippen LogP contribution in [0.15, 0.2) is 142 Å². The maximum atomic E-state index is 10.7. The molecule has 6 rings (SSSR count). The van der Waals surface area contributed by atoms with E-state index in [1.165, 1.54) is 0 Å². The number of azo groups is 2. The number of rotatable bonds is 19. The lowest BCUT2D eigenvalue weighted by Crippen LogP contribution is -2.21. The lowest BCUT2D eigenvalue weighted by molar-refractivity contribution is 0.866. The van der Waals surface area contributed by atoms with Crippen LogP contribution in [0.25, 0.3) is 36.5 Å². The van der Waals surface area contributed by atoms with Crippen LogP contribution in [-0.2, 0) is 0 Å². The minimum Gasteiger partial charge on any atom is -0.372 e. The van der Waals surface area contributed by atoms with Crippen molar-refractivity contribution in [3.63, 3.8) is 0 Å². The molecule has 0 aliphatic heterocycles. The van der Waals surface area contributed by atoms with Crippen LogP contribution in [0.4, 0.5) is 39.8 Å². The van der Waals surface area contributed by atoms with E-state index in [2.05, 4.69) is 131 Å². The highest BCUT2D eigenvalue weighted by Crippen LogP contribution is 2.33. The zero-order valence-corrected chi connectivity index (χ0v) is 39.2. The first-order valence-corrected chi connectivity index (χ1v) is 22.9. The summed E-state index contributed by atoms with van der Waals surface area (Å²) in [6.07, 6.45) is 11.0. The molecule has 10 nitrogen and oxygen atoms in total. The van der Waals surface area contributed by atoms with Crippen molar-refractivity contribution < 1.29 is 0 Å². The Morgan fingerprint density at radius 2 is 0.537 bits per heavy atom. The Kier molecular flexibility index (Phi) is 17.3. The van der Waals surface area contributed by atoms with Crippen LogP contribution in [0, 0.1) is 34.0 Å². The minimum absolute atomic E-state index is 0.219. The molecule has 0 atom stereocenters. The second kappa shape index (κ2) is 24.1. The van der Waals surface area contributed by atoms with Gasteiger partial charge in [0, 0.05) is 73.0 Å². The lowest BCUT2D eigenvalue weighted by atomic mass is 9.86. The van der Waals surface area contributed by atoms with Crippen molar-refractivity contribution in [3.8, 4) is 18.2 Å². The van der Waals surface area contributed by atoms with Crippen LogP contribution < -0.4 is 14.7 Å². The number of hydrogen-bond acceptors (Lipinski definition) is 10. The second-order valence-corrected chi connectivity index (χ2v) is 15.4. The van der Waals surface area contributed by atoms with Crippen molar-refractivity contribution >= 4 is 76.3 Å². The summed E-state index contributed by atoms with van der Waals surface area (Å²) < 4.78 is 0. The highest BCUT2D eigenvalue weighted by Gasteiger charge is 2.21. The zero-order chi connectivity index (χ0) is 47.5. The molecule has 0 amide bonds. The largest absolute Gasteiger partial charge is 0.372 e. The van der Waals surface area contributed by atoms with E-state index in [1.54, 1.807) is 18.2 Å². The third-order valence-corrected chi connectivity index (χ3v) is 11.6. The molecular weight excluding hydrogens is 825 g/mol. The van der Waals surface area contributed by atoms with E-state index in [4.69, 9.17) is 0 Å². The molecule has 6 aromatic rings. The van der Waals surface area contributed by atoms with Crippen LogP contribution in [0.1, 0.15) is 91.6 Å². The van der Waals surface area contributed by atoms with E-state index in [0.29, 0.717) is 28.1 Å². The highest BCUT2D eigenvalue weighted by molar-refractivity contribution is 5.90. The minimum atomic E-state index is 0.219. The Bertz CT molecular complexity index is 2700. The predicted octanol–water partition coefficient (Wildman–Crippen LogP) is 15.2. The molecular formula is C57H56N10. The standard InChI is InChI=1S/C57H56N10/c1-7-65(8-2)49-30-17-44(18-31-49)21-38-54-56(40-59)52(36-19-42-13-22-45(23-14-42)61-63-47-26-32-50(33-27-47)66(9-3)10-4)55(39-58)53(57(54)41-60)37-20-43-15-24-46(25-16-43)62-64-48-28-34-51(35-29-48)67(11-5)12-6/h13-38H,7-12H2,1-6H3/b36-19+,37-20+,38-21+,63-61?,64-62?. The van der Waals surface area contributed by atoms with E-state index in [1.807, 2.05) is 103 Å². The quantitative estimate of drug-likeness (QED) is 0.0588. The summed E-state index contributed by atoms with van der Waals surface area (Å²) in [6, 6.07) is 46.3. The fraction of sp³-hybridized carbons (Fsp3) is 0.211. The first-order chi connectivity index (χ1) is 32.8. The molecule has 0 saturated heterocycles. The highest BCUT2D eigenvalue weighted by atomic mass is 15.1. The van der Waals surface area contributed by atoms with Crippen molar-refractivity contribution in [3.05, 3.63) is 171 Å². The number of anilines is 3. The molecule has 0 spiro atoms. The van der Waals surface area contributed by atoms with Crippen LogP contribution in [-0.4, -0.2) is 39.3 Å². The predicted molar refractivity (Wildman–Crippen MR) is 279 cm³/mol. The van der Waals surface area contributed by atoms with Gasteiger partial charge in [-0.3, -0.25) is 0 Å². The van der Waals surface area contributed by atoms with Gasteiger partial charge in [0.05, 0.1) is 39.4 Å². The van der Waals surface area contributed by atoms with Gasteiger partial charge in [-0.25, -0.2) is 0 Å². The SMILES string of the molecule is CCN(CC)c1ccc(/C=C/c2c(C#N)c(/C=C/c3ccc(N=Nc4ccc(N(CC)CC)cc4)cc3)c(C#N)c(/C=C/c3ccc(N=Nc4ccc(N(CC)CC)cc4)cc3)c2C#N)cc1. The van der Waals surface area contributed by atoms with Crippen molar-refractivity contribution in [2.24, 2.45) is 20.5 Å². The third kappa shape index (κ3) is 12.2. The molecule has 0 saturated carbocycles. The van der Waals surface area contributed by atoms with Crippen molar-refractivity contribution in [1.29, 1.82) is 15.8 Å². The van der Waals surface area contributed by atoms with Gasteiger partial charge in [-0.05, 0) is 143 Å². The summed E-state index contributed by atoms with van der Waals surface area (Å²) in [7, 11) is 0. The topological polar surface area (TPSA) is 131 Å². The molecule has 6 aromatic carbocycles. The number of hydrogen-bond donors (Lipinski definition) is 0. The maximum Gasteiger partial charge on any atom is 0.100 e. The molecule has 10 heteroatoms. The Morgan fingerprint density at radius 1 is 0.328 bits per heavy atom. The van der Waals surface area contributed by atoms with Gasteiger partial charge in [0.25, 0.3) is 0 Å². The summed E-state index contributed by atoms with van der Waals surface area (Å²) >= 11 is 0. The molecule has 334 valence electrons. The van der Waals surface area contributed by atoms with E-state index >= 15 is 0 Å². The number of nitriles is 3. The van der Waals surface area contributed by atoms with Gasteiger partial charge in [-0.1, -0.05) is 72.9 Å². The summed E-state index contributed by atoms with van der Waals surface area (Å²) in [6.45, 7) is 18.3. The van der Waals surface area contributed by atoms with E-state index in [0.717, 1.165) is 84.4 Å². The van der Waals surface area contributed by atoms with E-state index in [-0.39, 0.29) is 16.7 Å². The molecule has 0 fully saturated rings. The number of nitrogens with zero attached hydrogens (tertiary/aromatic N) is 10. The second-order valence-electron chi connectivity index (χ2n) is 15.4. The molecule has 0 aliphatic carbocycles. The zero-order valence-electron chi connectivity index (χ0n) is 39.2. The first-order valence-electron chi connectivity index (χ1n) is 22.9. The molecule has 0 bridgehead atoms. The van der Waals surface area contributed by atoms with Crippen LogP contribution in [0.2, 0.25) is 0 Å². The summed E-state index contributed by atoms with van der Waals surface area (Å²) in [5.74, 6) is 0. The molecule has 0 aliphatic rings. The van der Waals surface area contributed by atoms with Gasteiger partial charge in [0.1, 0.15) is 18.2 Å². The maximum absolute atomic E-state index is 10.7. The molecule has 0 radical (unpaired) electrons. The summed E-state index contributed by atoms with van der Waals surface area (Å²) in [5.41, 5.74) is 10.8.